The van der Waals surface area contributed by atoms with Gasteiger partial charge >= 0.3 is 0 Å². The molecule has 96 valence electrons. The predicted molar refractivity (Wildman–Crippen MR) is 76.7 cm³/mol. The molecule has 2 unspecified atom stereocenters. The summed E-state index contributed by atoms with van der Waals surface area (Å²) in [7, 11) is 1.68. The molecule has 5 heteroatoms. The van der Waals surface area contributed by atoms with Crippen LogP contribution in [0, 0.1) is 0 Å². The molecular formula is C12H18BrClN2O. The molecule has 0 saturated heterocycles. The minimum absolute atomic E-state index is 0.00181. The molecule has 3 nitrogen and oxygen atoms in total. The Kier molecular flexibility index (Phi) is 5.25. The molecule has 3 N–H and O–H groups in total. The number of nitrogens with two attached hydrogens (primary N) is 1. The molecule has 0 amide bonds. The second-order valence-electron chi connectivity index (χ2n) is 4.25. The van der Waals surface area contributed by atoms with Crippen molar-refractivity contribution in [3.63, 3.8) is 0 Å². The molecule has 0 aliphatic heterocycles. The van der Waals surface area contributed by atoms with E-state index in [0.29, 0.717) is 11.6 Å². The molecule has 0 aromatic heterocycles. The van der Waals surface area contributed by atoms with Gasteiger partial charge in [0.15, 0.2) is 0 Å². The van der Waals surface area contributed by atoms with Crippen LogP contribution in [0.4, 0.5) is 5.69 Å². The van der Waals surface area contributed by atoms with Crippen molar-refractivity contribution >= 4 is 33.2 Å². The highest BCUT2D eigenvalue weighted by Gasteiger charge is 2.29. The van der Waals surface area contributed by atoms with Crippen LogP contribution in [0.5, 0.6) is 0 Å². The highest BCUT2D eigenvalue weighted by molar-refractivity contribution is 9.10. The van der Waals surface area contributed by atoms with Crippen molar-refractivity contribution in [3.05, 3.63) is 27.7 Å². The van der Waals surface area contributed by atoms with Crippen LogP contribution in [0.3, 0.4) is 0 Å². The lowest BCUT2D eigenvalue weighted by Crippen LogP contribution is -2.51. The van der Waals surface area contributed by atoms with Crippen molar-refractivity contribution in [1.82, 2.24) is 0 Å². The van der Waals surface area contributed by atoms with Crippen LogP contribution in [0.25, 0.3) is 0 Å². The van der Waals surface area contributed by atoms with Gasteiger partial charge in [-0.25, -0.2) is 0 Å². The van der Waals surface area contributed by atoms with E-state index in [1.807, 2.05) is 32.0 Å². The molecular weight excluding hydrogens is 304 g/mol. The van der Waals surface area contributed by atoms with E-state index in [2.05, 4.69) is 21.2 Å². The first-order valence-electron chi connectivity index (χ1n) is 5.39. The van der Waals surface area contributed by atoms with Crippen molar-refractivity contribution in [1.29, 1.82) is 0 Å². The number of hydrogen-bond donors (Lipinski definition) is 2. The van der Waals surface area contributed by atoms with E-state index in [-0.39, 0.29) is 11.6 Å². The fourth-order valence-electron chi connectivity index (χ4n) is 1.48. The van der Waals surface area contributed by atoms with E-state index in [1.165, 1.54) is 0 Å². The normalized spacial score (nSPS) is 16.4. The molecule has 0 spiro atoms. The van der Waals surface area contributed by atoms with Gasteiger partial charge in [0.2, 0.25) is 0 Å². The van der Waals surface area contributed by atoms with Crippen LogP contribution in [-0.4, -0.2) is 25.3 Å². The summed E-state index contributed by atoms with van der Waals surface area (Å²) in [5.41, 5.74) is 6.46. The molecule has 17 heavy (non-hydrogen) atoms. The van der Waals surface area contributed by atoms with Crippen LogP contribution in [0.2, 0.25) is 5.02 Å². The standard InChI is InChI=1S/C12H18BrClN2O/c1-8(17-3)12(2,7-15)16-9-4-5-11(14)10(13)6-9/h4-6,8,16H,7,15H2,1-3H3. The highest BCUT2D eigenvalue weighted by atomic mass is 79.9. The summed E-state index contributed by atoms with van der Waals surface area (Å²) in [6, 6.07) is 5.68. The summed E-state index contributed by atoms with van der Waals surface area (Å²) in [6.45, 7) is 4.50. The molecule has 0 radical (unpaired) electrons. The van der Waals surface area contributed by atoms with Crippen LogP contribution >= 0.6 is 27.5 Å². The fraction of sp³-hybridized carbons (Fsp3) is 0.500. The van der Waals surface area contributed by atoms with E-state index >= 15 is 0 Å². The van der Waals surface area contributed by atoms with Gasteiger partial charge in [-0.15, -0.1) is 0 Å². The number of nitrogens with one attached hydrogen (secondary N) is 1. The van der Waals surface area contributed by atoms with Gasteiger partial charge in [0.25, 0.3) is 0 Å². The Labute approximate surface area is 116 Å². The number of methoxy groups -OCH3 is 1. The zero-order chi connectivity index (χ0) is 13.1. The average Bonchev–Trinajstić information content (AvgIpc) is 2.32. The van der Waals surface area contributed by atoms with Crippen LogP contribution in [-0.2, 0) is 4.74 Å². The van der Waals surface area contributed by atoms with Gasteiger partial charge < -0.3 is 15.8 Å². The van der Waals surface area contributed by atoms with Gasteiger partial charge in [0.1, 0.15) is 0 Å². The smallest absolute Gasteiger partial charge is 0.0782 e. The zero-order valence-corrected chi connectivity index (χ0v) is 12.6. The maximum Gasteiger partial charge on any atom is 0.0782 e. The molecule has 2 atom stereocenters. The van der Waals surface area contributed by atoms with Crippen molar-refractivity contribution in [2.75, 3.05) is 19.0 Å². The van der Waals surface area contributed by atoms with E-state index in [4.69, 9.17) is 22.1 Å². The number of halogens is 2. The Morgan fingerprint density at radius 2 is 2.24 bits per heavy atom. The summed E-state index contributed by atoms with van der Waals surface area (Å²) >= 11 is 9.35. The quantitative estimate of drug-likeness (QED) is 0.875. The molecule has 1 aromatic rings. The first kappa shape index (κ1) is 14.8. The van der Waals surface area contributed by atoms with Crippen LogP contribution in [0.1, 0.15) is 13.8 Å². The van der Waals surface area contributed by atoms with Crippen LogP contribution in [0.15, 0.2) is 22.7 Å². The topological polar surface area (TPSA) is 47.3 Å². The van der Waals surface area contributed by atoms with E-state index < -0.39 is 0 Å². The summed E-state index contributed by atoms with van der Waals surface area (Å²) in [6.07, 6.45) is 0.00181. The van der Waals surface area contributed by atoms with Gasteiger partial charge in [-0.1, -0.05) is 11.6 Å². The Balaban J connectivity index is 2.91. The molecule has 0 aliphatic carbocycles. The lowest BCUT2D eigenvalue weighted by Gasteiger charge is -2.35. The molecule has 0 aliphatic rings. The van der Waals surface area contributed by atoms with Gasteiger partial charge in [-0.05, 0) is 48.0 Å². The summed E-state index contributed by atoms with van der Waals surface area (Å²) in [5, 5.41) is 4.07. The maximum absolute atomic E-state index is 5.95. The number of ether oxygens (including phenoxy) is 1. The highest BCUT2D eigenvalue weighted by Crippen LogP contribution is 2.28. The molecule has 1 rings (SSSR count). The maximum atomic E-state index is 5.95. The lowest BCUT2D eigenvalue weighted by atomic mass is 9.95. The number of benzene rings is 1. The Morgan fingerprint density at radius 3 is 2.71 bits per heavy atom. The summed E-state index contributed by atoms with van der Waals surface area (Å²) in [4.78, 5) is 0. The Hall–Kier alpha value is -0.290. The third-order valence-corrected chi connectivity index (χ3v) is 4.24. The van der Waals surface area contributed by atoms with Gasteiger partial charge in [-0.3, -0.25) is 0 Å². The van der Waals surface area contributed by atoms with Crippen molar-refractivity contribution < 1.29 is 4.74 Å². The third kappa shape index (κ3) is 3.58. The van der Waals surface area contributed by atoms with Gasteiger partial charge in [0.05, 0.1) is 16.7 Å². The minimum atomic E-state index is -0.317. The van der Waals surface area contributed by atoms with Crippen LogP contribution < -0.4 is 11.1 Å². The van der Waals surface area contributed by atoms with Crippen molar-refractivity contribution in [2.45, 2.75) is 25.5 Å². The summed E-state index contributed by atoms with van der Waals surface area (Å²) < 4.78 is 6.21. The minimum Gasteiger partial charge on any atom is -0.379 e. The molecule has 0 saturated carbocycles. The molecule has 1 aromatic carbocycles. The molecule has 0 bridgehead atoms. The zero-order valence-electron chi connectivity index (χ0n) is 10.3. The van der Waals surface area contributed by atoms with E-state index in [0.717, 1.165) is 10.2 Å². The molecule has 0 heterocycles. The van der Waals surface area contributed by atoms with Gasteiger partial charge in [-0.2, -0.15) is 0 Å². The van der Waals surface area contributed by atoms with E-state index in [9.17, 15) is 0 Å². The average molecular weight is 322 g/mol. The first-order chi connectivity index (χ1) is 7.92. The third-order valence-electron chi connectivity index (χ3n) is 3.02. The number of anilines is 1. The monoisotopic (exact) mass is 320 g/mol. The Morgan fingerprint density at radius 1 is 1.59 bits per heavy atom. The summed E-state index contributed by atoms with van der Waals surface area (Å²) in [5.74, 6) is 0. The predicted octanol–water partition coefficient (Wildman–Crippen LogP) is 3.27. The first-order valence-corrected chi connectivity index (χ1v) is 6.56. The fourth-order valence-corrected chi connectivity index (χ4v) is 1.98. The number of rotatable bonds is 5. The van der Waals surface area contributed by atoms with Gasteiger partial charge in [0, 0.05) is 23.8 Å². The van der Waals surface area contributed by atoms with Crippen molar-refractivity contribution in [2.24, 2.45) is 5.73 Å². The SMILES string of the molecule is COC(C)C(C)(CN)Nc1ccc(Cl)c(Br)c1. The Bertz CT molecular complexity index is 389. The van der Waals surface area contributed by atoms with Crippen molar-refractivity contribution in [3.8, 4) is 0 Å². The lowest BCUT2D eigenvalue weighted by molar-refractivity contribution is 0.0688. The molecule has 0 fully saturated rings. The second kappa shape index (κ2) is 6.05. The largest absolute Gasteiger partial charge is 0.379 e. The van der Waals surface area contributed by atoms with E-state index in [1.54, 1.807) is 7.11 Å². The second-order valence-corrected chi connectivity index (χ2v) is 5.51. The number of hydrogen-bond acceptors (Lipinski definition) is 3.